The molecule has 0 radical (unpaired) electrons. The molecule has 0 amide bonds. The summed E-state index contributed by atoms with van der Waals surface area (Å²) in [6.45, 7) is 1.30. The quantitative estimate of drug-likeness (QED) is 0.436. The number of nitrogens with zero attached hydrogens (tertiary/aromatic N) is 4. The van der Waals surface area contributed by atoms with Gasteiger partial charge in [-0.15, -0.1) is 0 Å². The number of anilines is 1. The van der Waals surface area contributed by atoms with Crippen molar-refractivity contribution >= 4 is 17.4 Å². The van der Waals surface area contributed by atoms with Gasteiger partial charge in [-0.1, -0.05) is 6.92 Å². The van der Waals surface area contributed by atoms with Gasteiger partial charge in [-0.05, 0) is 42.5 Å². The number of halogens is 4. The van der Waals surface area contributed by atoms with Crippen molar-refractivity contribution in [3.63, 3.8) is 0 Å². The van der Waals surface area contributed by atoms with Gasteiger partial charge in [0.1, 0.15) is 23.0 Å². The van der Waals surface area contributed by atoms with Gasteiger partial charge >= 0.3 is 18.2 Å². The molecule has 12 heteroatoms. The third-order valence-corrected chi connectivity index (χ3v) is 5.64. The number of hydrogen-bond donors (Lipinski definition) is 1. The van der Waals surface area contributed by atoms with Gasteiger partial charge in [0.25, 0.3) is 0 Å². The summed E-state index contributed by atoms with van der Waals surface area (Å²) >= 11 is 0. The molecule has 1 N–H and O–H groups in total. The maximum absolute atomic E-state index is 14.2. The van der Waals surface area contributed by atoms with Crippen LogP contribution < -0.4 is 14.5 Å². The zero-order valence-electron chi connectivity index (χ0n) is 19.0. The van der Waals surface area contributed by atoms with Crippen LogP contribution in [-0.2, 0) is 4.79 Å². The fourth-order valence-electron chi connectivity index (χ4n) is 3.81. The average Bonchev–Trinajstić information content (AvgIpc) is 3.16. The summed E-state index contributed by atoms with van der Waals surface area (Å²) in [6, 6.07) is 9.09. The van der Waals surface area contributed by atoms with Crippen LogP contribution in [0.25, 0.3) is 11.1 Å². The van der Waals surface area contributed by atoms with Gasteiger partial charge in [-0.25, -0.2) is 14.4 Å². The highest BCUT2D eigenvalue weighted by atomic mass is 19.4. The highest BCUT2D eigenvalue weighted by Crippen LogP contribution is 2.37. The lowest BCUT2D eigenvalue weighted by Gasteiger charge is -2.25. The number of methoxy groups -OCH3 is 1. The Kier molecular flexibility index (Phi) is 6.77. The average molecular weight is 504 g/mol. The van der Waals surface area contributed by atoms with Gasteiger partial charge in [0.05, 0.1) is 25.3 Å². The molecule has 2 unspecified atom stereocenters. The molecule has 2 atom stereocenters. The molecule has 0 saturated carbocycles. The van der Waals surface area contributed by atoms with Crippen LogP contribution in [0.15, 0.2) is 60.0 Å². The van der Waals surface area contributed by atoms with Crippen molar-refractivity contribution in [2.45, 2.75) is 25.6 Å². The fourth-order valence-corrected chi connectivity index (χ4v) is 3.81. The molecule has 1 aliphatic heterocycles. The molecular formula is C24H20F4N4O4. The zero-order valence-corrected chi connectivity index (χ0v) is 19.0. The SMILES string of the molecule is COc1ccc(F)c(-c2cnc(Oc3ccc(N4N=C(C(F)(F)F)C(C)C4CC(=O)O)cc3)nc2)c1. The van der Waals surface area contributed by atoms with E-state index >= 15 is 0 Å². The zero-order chi connectivity index (χ0) is 26.0. The molecule has 0 bridgehead atoms. The maximum atomic E-state index is 14.2. The summed E-state index contributed by atoms with van der Waals surface area (Å²) in [6.07, 6.45) is -2.43. The van der Waals surface area contributed by atoms with Crippen LogP contribution in [0.1, 0.15) is 13.3 Å². The number of benzene rings is 2. The van der Waals surface area contributed by atoms with Crippen LogP contribution in [0, 0.1) is 11.7 Å². The number of carboxylic acid groups (broad SMARTS) is 1. The van der Waals surface area contributed by atoms with Gasteiger partial charge in [0, 0.05) is 29.4 Å². The van der Waals surface area contributed by atoms with Crippen molar-refractivity contribution in [1.29, 1.82) is 0 Å². The number of carboxylic acids is 1. The van der Waals surface area contributed by atoms with Crippen LogP contribution in [-0.4, -0.2) is 46.1 Å². The highest BCUT2D eigenvalue weighted by molar-refractivity contribution is 5.96. The highest BCUT2D eigenvalue weighted by Gasteiger charge is 2.48. The van der Waals surface area contributed by atoms with Crippen LogP contribution in [0.4, 0.5) is 23.2 Å². The Bertz CT molecular complexity index is 1280. The largest absolute Gasteiger partial charge is 0.497 e. The predicted molar refractivity (Wildman–Crippen MR) is 122 cm³/mol. The second-order valence-electron chi connectivity index (χ2n) is 7.98. The molecule has 1 aromatic heterocycles. The number of aromatic nitrogens is 2. The molecule has 4 rings (SSSR count). The molecule has 0 spiro atoms. The van der Waals surface area contributed by atoms with E-state index in [4.69, 9.17) is 14.6 Å². The number of aliphatic carboxylic acids is 1. The van der Waals surface area contributed by atoms with Crippen molar-refractivity contribution < 1.29 is 36.9 Å². The first-order valence-corrected chi connectivity index (χ1v) is 10.7. The fraction of sp³-hybridized carbons (Fsp3) is 0.250. The minimum absolute atomic E-state index is 0.0364. The van der Waals surface area contributed by atoms with Gasteiger partial charge < -0.3 is 14.6 Å². The lowest BCUT2D eigenvalue weighted by atomic mass is 9.94. The summed E-state index contributed by atoms with van der Waals surface area (Å²) in [7, 11) is 1.47. The van der Waals surface area contributed by atoms with Crippen molar-refractivity contribution in [3.8, 4) is 28.6 Å². The Labute approximate surface area is 202 Å². The van der Waals surface area contributed by atoms with Gasteiger partial charge in [-0.3, -0.25) is 9.80 Å². The van der Waals surface area contributed by atoms with E-state index in [0.29, 0.717) is 11.3 Å². The summed E-state index contributed by atoms with van der Waals surface area (Å²) in [5.74, 6) is -2.08. The smallest absolute Gasteiger partial charge is 0.431 e. The topological polar surface area (TPSA) is 97.1 Å². The molecule has 188 valence electrons. The van der Waals surface area contributed by atoms with Crippen molar-refractivity contribution in [3.05, 3.63) is 60.7 Å². The first-order chi connectivity index (χ1) is 17.1. The molecule has 8 nitrogen and oxygen atoms in total. The summed E-state index contributed by atoms with van der Waals surface area (Å²) in [5, 5.41) is 13.9. The second kappa shape index (κ2) is 9.80. The molecule has 1 aliphatic rings. The van der Waals surface area contributed by atoms with Crippen molar-refractivity contribution in [2.75, 3.05) is 12.1 Å². The first kappa shape index (κ1) is 24.9. The lowest BCUT2D eigenvalue weighted by molar-refractivity contribution is -0.137. The molecule has 36 heavy (non-hydrogen) atoms. The number of hydrazone groups is 1. The van der Waals surface area contributed by atoms with E-state index in [2.05, 4.69) is 15.1 Å². The van der Waals surface area contributed by atoms with Crippen LogP contribution in [0.2, 0.25) is 0 Å². The molecule has 2 aromatic carbocycles. The van der Waals surface area contributed by atoms with E-state index in [1.807, 2.05) is 0 Å². The Morgan fingerprint density at radius 1 is 1.08 bits per heavy atom. The van der Waals surface area contributed by atoms with E-state index in [0.717, 1.165) is 5.01 Å². The van der Waals surface area contributed by atoms with Gasteiger partial charge in [0.15, 0.2) is 0 Å². The van der Waals surface area contributed by atoms with Crippen LogP contribution in [0.5, 0.6) is 17.5 Å². The number of alkyl halides is 3. The Hall–Kier alpha value is -4.22. The van der Waals surface area contributed by atoms with E-state index in [1.54, 1.807) is 0 Å². The van der Waals surface area contributed by atoms with Crippen LogP contribution in [0.3, 0.4) is 0 Å². The molecular weight excluding hydrogens is 484 g/mol. The first-order valence-electron chi connectivity index (χ1n) is 10.7. The van der Waals surface area contributed by atoms with E-state index < -0.39 is 42.1 Å². The number of ether oxygens (including phenoxy) is 2. The summed E-state index contributed by atoms with van der Waals surface area (Å²) in [5.41, 5.74) is -0.112. The summed E-state index contributed by atoms with van der Waals surface area (Å²) < 4.78 is 64.9. The second-order valence-corrected chi connectivity index (χ2v) is 7.98. The Morgan fingerprint density at radius 2 is 1.72 bits per heavy atom. The van der Waals surface area contributed by atoms with E-state index in [-0.39, 0.29) is 23.0 Å². The van der Waals surface area contributed by atoms with Gasteiger partial charge in [-0.2, -0.15) is 18.3 Å². The lowest BCUT2D eigenvalue weighted by Crippen LogP contribution is -2.36. The summed E-state index contributed by atoms with van der Waals surface area (Å²) in [4.78, 5) is 19.4. The Morgan fingerprint density at radius 3 is 2.31 bits per heavy atom. The molecule has 2 heterocycles. The number of hydrogen-bond acceptors (Lipinski definition) is 7. The van der Waals surface area contributed by atoms with Gasteiger partial charge in [0.2, 0.25) is 0 Å². The number of carbonyl (C=O) groups is 1. The third-order valence-electron chi connectivity index (χ3n) is 5.64. The normalized spacial score (nSPS) is 17.6. The van der Waals surface area contributed by atoms with Crippen molar-refractivity contribution in [2.24, 2.45) is 11.0 Å². The molecule has 0 aliphatic carbocycles. The number of rotatable bonds is 7. The standard InChI is InChI=1S/C24H20F4N4O4/c1-13-20(10-21(33)34)32(31-22(13)24(26,27)28)15-3-5-16(6-4-15)36-23-29-11-14(12-30-23)18-9-17(35-2)7-8-19(18)25/h3-9,11-13,20H,10H2,1-2H3,(H,33,34). The Balaban J connectivity index is 1.51. The molecule has 0 saturated heterocycles. The van der Waals surface area contributed by atoms with E-state index in [9.17, 15) is 22.4 Å². The van der Waals surface area contributed by atoms with Crippen LogP contribution >= 0.6 is 0 Å². The maximum Gasteiger partial charge on any atom is 0.431 e. The van der Waals surface area contributed by atoms with Crippen molar-refractivity contribution in [1.82, 2.24) is 9.97 Å². The molecule has 0 fully saturated rings. The predicted octanol–water partition coefficient (Wildman–Crippen LogP) is 5.30. The van der Waals surface area contributed by atoms with E-state index in [1.165, 1.54) is 68.9 Å². The monoisotopic (exact) mass is 504 g/mol. The minimum atomic E-state index is -4.68. The third kappa shape index (κ3) is 5.21. The molecule has 3 aromatic rings. The minimum Gasteiger partial charge on any atom is -0.497 e.